The maximum Gasteiger partial charge on any atom is 0.262 e. The summed E-state index contributed by atoms with van der Waals surface area (Å²) in [6, 6.07) is 5.36. The fourth-order valence-electron chi connectivity index (χ4n) is 1.22. The summed E-state index contributed by atoms with van der Waals surface area (Å²) in [6.45, 7) is 2.25. The van der Waals surface area contributed by atoms with Crippen LogP contribution in [-0.4, -0.2) is 17.8 Å². The van der Waals surface area contributed by atoms with Gasteiger partial charge >= 0.3 is 0 Å². The van der Waals surface area contributed by atoms with Crippen molar-refractivity contribution in [3.63, 3.8) is 0 Å². The van der Waals surface area contributed by atoms with E-state index >= 15 is 0 Å². The summed E-state index contributed by atoms with van der Waals surface area (Å²) < 4.78 is 10.5. The van der Waals surface area contributed by atoms with Gasteiger partial charge in [-0.25, -0.2) is 0 Å². The van der Waals surface area contributed by atoms with Crippen molar-refractivity contribution in [1.82, 2.24) is 5.16 Å². The Balaban J connectivity index is 2.33. The summed E-state index contributed by atoms with van der Waals surface area (Å²) in [6.07, 6.45) is 0. The van der Waals surface area contributed by atoms with Gasteiger partial charge in [-0.15, -0.1) is 0 Å². The molecule has 1 atom stereocenters. The SMILES string of the molecule is CC(N)COc1noc2c(Cl)cccc12. The van der Waals surface area contributed by atoms with Crippen LogP contribution >= 0.6 is 11.6 Å². The van der Waals surface area contributed by atoms with E-state index < -0.39 is 0 Å². The Morgan fingerprint density at radius 1 is 1.60 bits per heavy atom. The highest BCUT2D eigenvalue weighted by molar-refractivity contribution is 6.34. The third-order valence-electron chi connectivity index (χ3n) is 1.90. The molecule has 0 spiro atoms. The summed E-state index contributed by atoms with van der Waals surface area (Å²) in [5.41, 5.74) is 6.11. The van der Waals surface area contributed by atoms with Crippen molar-refractivity contribution in [2.45, 2.75) is 13.0 Å². The lowest BCUT2D eigenvalue weighted by Gasteiger charge is -2.04. The van der Waals surface area contributed by atoms with Crippen molar-refractivity contribution in [3.05, 3.63) is 23.2 Å². The lowest BCUT2D eigenvalue weighted by molar-refractivity contribution is 0.268. The van der Waals surface area contributed by atoms with Gasteiger partial charge in [-0.2, -0.15) is 0 Å². The van der Waals surface area contributed by atoms with Crippen LogP contribution in [0.3, 0.4) is 0 Å². The standard InChI is InChI=1S/C10H11ClN2O2/c1-6(12)5-14-10-7-3-2-4-8(11)9(7)15-13-10/h2-4,6H,5,12H2,1H3. The largest absolute Gasteiger partial charge is 0.473 e. The van der Waals surface area contributed by atoms with Gasteiger partial charge in [-0.3, -0.25) is 0 Å². The molecule has 80 valence electrons. The van der Waals surface area contributed by atoms with Crippen molar-refractivity contribution in [2.75, 3.05) is 6.61 Å². The minimum absolute atomic E-state index is 0.0454. The smallest absolute Gasteiger partial charge is 0.262 e. The van der Waals surface area contributed by atoms with Crippen LogP contribution in [0.25, 0.3) is 11.0 Å². The molecule has 0 amide bonds. The minimum Gasteiger partial charge on any atom is -0.473 e. The number of nitrogens with zero attached hydrogens (tertiary/aromatic N) is 1. The van der Waals surface area contributed by atoms with Crippen LogP contribution in [0.15, 0.2) is 22.7 Å². The lowest BCUT2D eigenvalue weighted by Crippen LogP contribution is -2.23. The lowest BCUT2D eigenvalue weighted by atomic mass is 10.2. The van der Waals surface area contributed by atoms with E-state index in [0.29, 0.717) is 23.1 Å². The van der Waals surface area contributed by atoms with Crippen molar-refractivity contribution in [3.8, 4) is 5.88 Å². The van der Waals surface area contributed by atoms with Gasteiger partial charge in [0, 0.05) is 6.04 Å². The topological polar surface area (TPSA) is 61.3 Å². The number of nitrogens with two attached hydrogens (primary N) is 1. The second-order valence-electron chi connectivity index (χ2n) is 3.39. The molecule has 1 heterocycles. The Morgan fingerprint density at radius 2 is 2.40 bits per heavy atom. The van der Waals surface area contributed by atoms with Gasteiger partial charge in [0.05, 0.1) is 10.4 Å². The Kier molecular flexibility index (Phi) is 2.79. The maximum absolute atomic E-state index is 5.92. The summed E-state index contributed by atoms with van der Waals surface area (Å²) in [4.78, 5) is 0. The molecule has 0 aliphatic rings. The molecule has 15 heavy (non-hydrogen) atoms. The average molecular weight is 227 g/mol. The van der Waals surface area contributed by atoms with E-state index in [0.717, 1.165) is 5.39 Å². The average Bonchev–Trinajstić information content (AvgIpc) is 2.59. The van der Waals surface area contributed by atoms with E-state index in [9.17, 15) is 0 Å². The molecule has 4 nitrogen and oxygen atoms in total. The highest BCUT2D eigenvalue weighted by atomic mass is 35.5. The molecule has 0 aliphatic carbocycles. The van der Waals surface area contributed by atoms with Crippen LogP contribution in [0.4, 0.5) is 0 Å². The fraction of sp³-hybridized carbons (Fsp3) is 0.300. The van der Waals surface area contributed by atoms with Gasteiger partial charge in [0.25, 0.3) is 5.88 Å². The molecule has 1 unspecified atom stereocenters. The molecule has 0 bridgehead atoms. The van der Waals surface area contributed by atoms with Crippen LogP contribution in [-0.2, 0) is 0 Å². The van der Waals surface area contributed by atoms with Gasteiger partial charge in [0.2, 0.25) is 0 Å². The highest BCUT2D eigenvalue weighted by Crippen LogP contribution is 2.29. The number of halogens is 1. The normalized spacial score (nSPS) is 13.0. The first-order valence-electron chi connectivity index (χ1n) is 4.61. The van der Waals surface area contributed by atoms with Gasteiger partial charge in [0.1, 0.15) is 6.61 Å². The number of hydrogen-bond acceptors (Lipinski definition) is 4. The van der Waals surface area contributed by atoms with E-state index in [2.05, 4.69) is 5.16 Å². The zero-order valence-corrected chi connectivity index (χ0v) is 8.99. The first-order chi connectivity index (χ1) is 7.18. The predicted octanol–water partition coefficient (Wildman–Crippen LogP) is 2.21. The van der Waals surface area contributed by atoms with Gasteiger partial charge in [-0.05, 0) is 24.2 Å². The maximum atomic E-state index is 5.92. The number of rotatable bonds is 3. The highest BCUT2D eigenvalue weighted by Gasteiger charge is 2.11. The first kappa shape index (κ1) is 10.3. The number of hydrogen-bond donors (Lipinski definition) is 1. The van der Waals surface area contributed by atoms with Crippen LogP contribution in [0.5, 0.6) is 5.88 Å². The molecular weight excluding hydrogens is 216 g/mol. The molecule has 5 heteroatoms. The van der Waals surface area contributed by atoms with Gasteiger partial charge < -0.3 is 15.0 Å². The molecule has 0 saturated heterocycles. The Morgan fingerprint density at radius 3 is 3.13 bits per heavy atom. The third-order valence-corrected chi connectivity index (χ3v) is 2.20. The molecule has 0 saturated carbocycles. The molecule has 0 aliphatic heterocycles. The van der Waals surface area contributed by atoms with Crippen molar-refractivity contribution < 1.29 is 9.26 Å². The van der Waals surface area contributed by atoms with Crippen LogP contribution in [0, 0.1) is 0 Å². The van der Waals surface area contributed by atoms with Crippen LogP contribution in [0.2, 0.25) is 5.02 Å². The molecule has 0 radical (unpaired) electrons. The van der Waals surface area contributed by atoms with E-state index in [-0.39, 0.29) is 6.04 Å². The second-order valence-corrected chi connectivity index (χ2v) is 3.80. The summed E-state index contributed by atoms with van der Waals surface area (Å²) >= 11 is 5.92. The second kappa shape index (κ2) is 4.08. The molecule has 2 N–H and O–H groups in total. The third kappa shape index (κ3) is 2.06. The van der Waals surface area contributed by atoms with Crippen molar-refractivity contribution >= 4 is 22.6 Å². The van der Waals surface area contributed by atoms with Gasteiger partial charge in [-0.1, -0.05) is 17.7 Å². The van der Waals surface area contributed by atoms with Crippen molar-refractivity contribution in [1.29, 1.82) is 0 Å². The zero-order chi connectivity index (χ0) is 10.8. The molecule has 1 aromatic carbocycles. The number of para-hydroxylation sites is 1. The summed E-state index contributed by atoms with van der Waals surface area (Å²) in [7, 11) is 0. The Hall–Kier alpha value is -1.26. The van der Waals surface area contributed by atoms with Gasteiger partial charge in [0.15, 0.2) is 5.58 Å². The molecule has 0 fully saturated rings. The zero-order valence-electron chi connectivity index (χ0n) is 8.24. The summed E-state index contributed by atoms with van der Waals surface area (Å²) in [5, 5.41) is 5.08. The molecule has 1 aromatic heterocycles. The number of aromatic nitrogens is 1. The van der Waals surface area contributed by atoms with Crippen LogP contribution in [0.1, 0.15) is 6.92 Å². The predicted molar refractivity (Wildman–Crippen MR) is 58.2 cm³/mol. The van der Waals surface area contributed by atoms with E-state index in [1.807, 2.05) is 19.1 Å². The molecule has 2 aromatic rings. The number of benzene rings is 1. The number of ether oxygens (including phenoxy) is 1. The van der Waals surface area contributed by atoms with E-state index in [4.69, 9.17) is 26.6 Å². The van der Waals surface area contributed by atoms with E-state index in [1.165, 1.54) is 0 Å². The Labute approximate surface area is 91.9 Å². The van der Waals surface area contributed by atoms with E-state index in [1.54, 1.807) is 6.07 Å². The van der Waals surface area contributed by atoms with Crippen molar-refractivity contribution in [2.24, 2.45) is 5.73 Å². The monoisotopic (exact) mass is 226 g/mol. The van der Waals surface area contributed by atoms with Crippen LogP contribution < -0.4 is 10.5 Å². The minimum atomic E-state index is -0.0454. The number of fused-ring (bicyclic) bond motifs is 1. The molecular formula is C10H11ClN2O2. The Bertz CT molecular complexity index is 467. The quantitative estimate of drug-likeness (QED) is 0.872. The molecule has 2 rings (SSSR count). The first-order valence-corrected chi connectivity index (χ1v) is 4.98. The fourth-order valence-corrected chi connectivity index (χ4v) is 1.43. The summed E-state index contributed by atoms with van der Waals surface area (Å²) in [5.74, 6) is 0.435.